The summed E-state index contributed by atoms with van der Waals surface area (Å²) in [5.74, 6) is 0.444. The minimum absolute atomic E-state index is 0.0295. The van der Waals surface area contributed by atoms with Crippen LogP contribution in [-0.4, -0.2) is 12.0 Å². The average molecular weight is 196 g/mol. The van der Waals surface area contributed by atoms with Crippen LogP contribution in [0.2, 0.25) is 0 Å². The molecule has 0 saturated heterocycles. The minimum Gasteiger partial charge on any atom is -0.496 e. The number of methoxy groups -OCH3 is 1. The minimum atomic E-state index is -0.441. The van der Waals surface area contributed by atoms with Crippen LogP contribution in [-0.2, 0) is 0 Å². The third-order valence-corrected chi connectivity index (χ3v) is 2.20. The average Bonchev–Trinajstić information content (AvgIpc) is 2.11. The Hall–Kier alpha value is -1.78. The Labute approximate surface area is 81.6 Å². The van der Waals surface area contributed by atoms with Gasteiger partial charge in [-0.05, 0) is 13.8 Å². The number of benzene rings is 1. The van der Waals surface area contributed by atoms with Gasteiger partial charge in [0.05, 0.1) is 23.2 Å². The second-order valence-electron chi connectivity index (χ2n) is 3.02. The van der Waals surface area contributed by atoms with E-state index in [9.17, 15) is 10.1 Å². The normalized spacial score (nSPS) is 9.93. The van der Waals surface area contributed by atoms with Crippen LogP contribution < -0.4 is 10.5 Å². The molecule has 1 aromatic carbocycles. The molecular formula is C9H12N2O3. The van der Waals surface area contributed by atoms with Gasteiger partial charge in [0.15, 0.2) is 0 Å². The monoisotopic (exact) mass is 196 g/mol. The van der Waals surface area contributed by atoms with Gasteiger partial charge in [-0.2, -0.15) is 0 Å². The SMILES string of the molecule is COc1cc(N)c(C)c([N+](=O)[O-])c1C. The Balaban J connectivity index is 3.53. The first kappa shape index (κ1) is 10.3. The molecular weight excluding hydrogens is 184 g/mol. The molecule has 0 fully saturated rings. The van der Waals surface area contributed by atoms with Crippen molar-refractivity contribution in [1.29, 1.82) is 0 Å². The van der Waals surface area contributed by atoms with Crippen molar-refractivity contribution < 1.29 is 9.66 Å². The Morgan fingerprint density at radius 3 is 2.43 bits per heavy atom. The Kier molecular flexibility index (Phi) is 2.60. The van der Waals surface area contributed by atoms with Crippen molar-refractivity contribution in [2.75, 3.05) is 12.8 Å². The number of nitrogen functional groups attached to an aromatic ring is 1. The van der Waals surface area contributed by atoms with Gasteiger partial charge in [-0.25, -0.2) is 0 Å². The molecule has 0 atom stereocenters. The zero-order chi connectivity index (χ0) is 10.9. The molecule has 14 heavy (non-hydrogen) atoms. The van der Waals surface area contributed by atoms with E-state index in [4.69, 9.17) is 10.5 Å². The summed E-state index contributed by atoms with van der Waals surface area (Å²) in [6.07, 6.45) is 0. The molecule has 0 bridgehead atoms. The number of hydrogen-bond acceptors (Lipinski definition) is 4. The van der Waals surface area contributed by atoms with Gasteiger partial charge in [0.2, 0.25) is 0 Å². The highest BCUT2D eigenvalue weighted by molar-refractivity contribution is 5.65. The lowest BCUT2D eigenvalue weighted by Crippen LogP contribution is -2.01. The van der Waals surface area contributed by atoms with Gasteiger partial charge in [0, 0.05) is 11.8 Å². The van der Waals surface area contributed by atoms with Gasteiger partial charge in [-0.1, -0.05) is 0 Å². The summed E-state index contributed by atoms with van der Waals surface area (Å²) in [5.41, 5.74) is 7.01. The second kappa shape index (κ2) is 3.53. The molecule has 0 amide bonds. The van der Waals surface area contributed by atoms with Gasteiger partial charge in [0.1, 0.15) is 5.75 Å². The third kappa shape index (κ3) is 1.48. The van der Waals surface area contributed by atoms with E-state index in [1.54, 1.807) is 19.9 Å². The molecule has 0 radical (unpaired) electrons. The van der Waals surface area contributed by atoms with Gasteiger partial charge in [-0.3, -0.25) is 10.1 Å². The molecule has 0 aliphatic carbocycles. The lowest BCUT2D eigenvalue weighted by Gasteiger charge is -2.09. The number of nitrogens with two attached hydrogens (primary N) is 1. The fourth-order valence-corrected chi connectivity index (χ4v) is 1.38. The summed E-state index contributed by atoms with van der Waals surface area (Å²) in [4.78, 5) is 10.3. The van der Waals surface area contributed by atoms with Crippen LogP contribution in [0, 0.1) is 24.0 Å². The predicted octanol–water partition coefficient (Wildman–Crippen LogP) is 1.80. The number of nitro groups is 1. The number of nitrogens with zero attached hydrogens (tertiary/aromatic N) is 1. The van der Waals surface area contributed by atoms with Crippen LogP contribution in [0.5, 0.6) is 5.75 Å². The third-order valence-electron chi connectivity index (χ3n) is 2.20. The zero-order valence-corrected chi connectivity index (χ0v) is 8.33. The molecule has 0 aliphatic heterocycles. The molecule has 1 aromatic rings. The largest absolute Gasteiger partial charge is 0.496 e. The van der Waals surface area contributed by atoms with Crippen molar-refractivity contribution in [2.45, 2.75) is 13.8 Å². The van der Waals surface area contributed by atoms with Gasteiger partial charge in [-0.15, -0.1) is 0 Å². The molecule has 1 rings (SSSR count). The molecule has 5 nitrogen and oxygen atoms in total. The van der Waals surface area contributed by atoms with E-state index in [-0.39, 0.29) is 5.69 Å². The molecule has 5 heteroatoms. The van der Waals surface area contributed by atoms with Crippen molar-refractivity contribution in [2.24, 2.45) is 0 Å². The van der Waals surface area contributed by atoms with Crippen LogP contribution in [0.15, 0.2) is 6.07 Å². The number of nitro benzene ring substituents is 1. The smallest absolute Gasteiger partial charge is 0.280 e. The maximum atomic E-state index is 10.8. The predicted molar refractivity (Wildman–Crippen MR) is 53.5 cm³/mol. The van der Waals surface area contributed by atoms with Crippen LogP contribution in [0.1, 0.15) is 11.1 Å². The first-order valence-corrected chi connectivity index (χ1v) is 4.07. The number of anilines is 1. The topological polar surface area (TPSA) is 78.4 Å². The first-order valence-electron chi connectivity index (χ1n) is 4.07. The summed E-state index contributed by atoms with van der Waals surface area (Å²) in [6, 6.07) is 1.59. The molecule has 0 aromatic heterocycles. The summed E-state index contributed by atoms with van der Waals surface area (Å²) in [6.45, 7) is 3.27. The lowest BCUT2D eigenvalue weighted by molar-refractivity contribution is -0.386. The highest BCUT2D eigenvalue weighted by atomic mass is 16.6. The van der Waals surface area contributed by atoms with Crippen LogP contribution >= 0.6 is 0 Å². The molecule has 0 unspecified atom stereocenters. The first-order chi connectivity index (χ1) is 6.49. The molecule has 76 valence electrons. The van der Waals surface area contributed by atoms with Crippen molar-refractivity contribution >= 4 is 11.4 Å². The highest BCUT2D eigenvalue weighted by Gasteiger charge is 2.20. The van der Waals surface area contributed by atoms with E-state index in [1.807, 2.05) is 0 Å². The summed E-state index contributed by atoms with van der Waals surface area (Å²) in [5, 5.41) is 10.8. The number of rotatable bonds is 2. The molecule has 0 heterocycles. The van der Waals surface area contributed by atoms with Crippen molar-refractivity contribution in [3.63, 3.8) is 0 Å². The second-order valence-corrected chi connectivity index (χ2v) is 3.02. The van der Waals surface area contributed by atoms with Gasteiger partial charge in [0.25, 0.3) is 5.69 Å². The van der Waals surface area contributed by atoms with Crippen molar-refractivity contribution in [3.05, 3.63) is 27.3 Å². The quantitative estimate of drug-likeness (QED) is 0.444. The summed E-state index contributed by atoms with van der Waals surface area (Å²) in [7, 11) is 1.46. The van der Waals surface area contributed by atoms with Gasteiger partial charge >= 0.3 is 0 Å². The lowest BCUT2D eigenvalue weighted by atomic mass is 10.1. The maximum absolute atomic E-state index is 10.8. The highest BCUT2D eigenvalue weighted by Crippen LogP contribution is 2.34. The summed E-state index contributed by atoms with van der Waals surface area (Å²) < 4.78 is 4.99. The van der Waals surface area contributed by atoms with Gasteiger partial charge < -0.3 is 10.5 Å². The maximum Gasteiger partial charge on any atom is 0.280 e. The number of hydrogen-bond donors (Lipinski definition) is 1. The van der Waals surface area contributed by atoms with Crippen LogP contribution in [0.3, 0.4) is 0 Å². The van der Waals surface area contributed by atoms with E-state index in [0.29, 0.717) is 22.6 Å². The Bertz CT molecular complexity index is 388. The molecule has 2 N–H and O–H groups in total. The fourth-order valence-electron chi connectivity index (χ4n) is 1.38. The van der Waals surface area contributed by atoms with Crippen molar-refractivity contribution in [3.8, 4) is 5.75 Å². The Morgan fingerprint density at radius 2 is 2.00 bits per heavy atom. The number of ether oxygens (including phenoxy) is 1. The standard InChI is InChI=1S/C9H12N2O3/c1-5-7(10)4-8(14-3)6(2)9(5)11(12)13/h4H,10H2,1-3H3. The molecule has 0 saturated carbocycles. The van der Waals surface area contributed by atoms with E-state index < -0.39 is 4.92 Å². The summed E-state index contributed by atoms with van der Waals surface area (Å²) >= 11 is 0. The van der Waals surface area contributed by atoms with Crippen molar-refractivity contribution in [1.82, 2.24) is 0 Å². The molecule has 0 spiro atoms. The zero-order valence-electron chi connectivity index (χ0n) is 8.33. The van der Waals surface area contributed by atoms with E-state index in [1.165, 1.54) is 7.11 Å². The van der Waals surface area contributed by atoms with Crippen LogP contribution in [0.4, 0.5) is 11.4 Å². The molecule has 0 aliphatic rings. The van der Waals surface area contributed by atoms with Crippen LogP contribution in [0.25, 0.3) is 0 Å². The fraction of sp³-hybridized carbons (Fsp3) is 0.333. The Morgan fingerprint density at radius 1 is 1.43 bits per heavy atom. The van der Waals surface area contributed by atoms with E-state index >= 15 is 0 Å². The van der Waals surface area contributed by atoms with E-state index in [0.717, 1.165) is 0 Å². The van der Waals surface area contributed by atoms with E-state index in [2.05, 4.69) is 0 Å².